The van der Waals surface area contributed by atoms with Gasteiger partial charge in [0.15, 0.2) is 0 Å². The summed E-state index contributed by atoms with van der Waals surface area (Å²) in [5.74, 6) is 0.809. The molecular weight excluding hydrogens is 380 g/mol. The number of ether oxygens (including phenoxy) is 2. The van der Waals surface area contributed by atoms with Gasteiger partial charge in [0.2, 0.25) is 15.9 Å². The van der Waals surface area contributed by atoms with E-state index < -0.39 is 22.0 Å². The maximum Gasteiger partial charge on any atom is 0.248 e. The molecule has 0 fully saturated rings. The number of sulfonamides is 1. The average molecular weight is 407 g/mol. The first kappa shape index (κ1) is 21.6. The Balaban J connectivity index is 2.32. The first-order valence-corrected chi connectivity index (χ1v) is 10.8. The quantitative estimate of drug-likeness (QED) is 0.691. The van der Waals surface area contributed by atoms with E-state index >= 15 is 0 Å². The van der Waals surface area contributed by atoms with Crippen LogP contribution < -0.4 is 19.1 Å². The van der Waals surface area contributed by atoms with Gasteiger partial charge in [-0.3, -0.25) is 9.10 Å². The van der Waals surface area contributed by atoms with E-state index in [2.05, 4.69) is 5.32 Å². The third-order valence-corrected chi connectivity index (χ3v) is 5.25. The van der Waals surface area contributed by atoms with E-state index in [4.69, 9.17) is 9.47 Å². The average Bonchev–Trinajstić information content (AvgIpc) is 2.65. The molecule has 1 amide bonds. The number of rotatable bonds is 9. The van der Waals surface area contributed by atoms with Crippen molar-refractivity contribution < 1.29 is 22.7 Å². The Morgan fingerprint density at radius 1 is 1.11 bits per heavy atom. The third kappa shape index (κ3) is 5.39. The lowest BCUT2D eigenvalue weighted by atomic mass is 10.1. The van der Waals surface area contributed by atoms with Gasteiger partial charge in [0.1, 0.15) is 17.5 Å². The summed E-state index contributed by atoms with van der Waals surface area (Å²) in [5, 5.41) is 2.79. The van der Waals surface area contributed by atoms with Crippen LogP contribution in [0.1, 0.15) is 20.3 Å². The molecule has 28 heavy (non-hydrogen) atoms. The van der Waals surface area contributed by atoms with Gasteiger partial charge in [-0.25, -0.2) is 8.42 Å². The van der Waals surface area contributed by atoms with E-state index in [1.807, 2.05) is 6.92 Å². The number of amides is 1. The number of methoxy groups -OCH3 is 1. The summed E-state index contributed by atoms with van der Waals surface area (Å²) in [6.45, 7) is 4.15. The van der Waals surface area contributed by atoms with Crippen molar-refractivity contribution in [2.45, 2.75) is 26.3 Å². The van der Waals surface area contributed by atoms with Crippen molar-refractivity contribution in [3.8, 4) is 11.5 Å². The van der Waals surface area contributed by atoms with E-state index in [-0.39, 0.29) is 0 Å². The fraction of sp³-hybridized carbons (Fsp3) is 0.350. The molecule has 0 saturated heterocycles. The van der Waals surface area contributed by atoms with Gasteiger partial charge in [0.05, 0.1) is 25.7 Å². The lowest BCUT2D eigenvalue weighted by molar-refractivity contribution is -0.117. The number of carbonyl (C=O) groups is 1. The molecule has 0 spiro atoms. The van der Waals surface area contributed by atoms with E-state index in [0.29, 0.717) is 35.9 Å². The third-order valence-electron chi connectivity index (χ3n) is 4.07. The summed E-state index contributed by atoms with van der Waals surface area (Å²) >= 11 is 0. The van der Waals surface area contributed by atoms with E-state index in [1.165, 1.54) is 7.11 Å². The van der Waals surface area contributed by atoms with Crippen LogP contribution in [0, 0.1) is 0 Å². The zero-order valence-corrected chi connectivity index (χ0v) is 17.3. The minimum atomic E-state index is -3.70. The number of nitrogens with one attached hydrogen (secondary N) is 1. The molecule has 0 aliphatic rings. The molecule has 0 saturated carbocycles. The normalized spacial score (nSPS) is 12.1. The summed E-state index contributed by atoms with van der Waals surface area (Å²) in [5.41, 5.74) is 0.936. The van der Waals surface area contributed by atoms with Crippen LogP contribution >= 0.6 is 0 Å². The molecule has 0 unspecified atom stereocenters. The molecular formula is C20H26N2O5S. The lowest BCUT2D eigenvalue weighted by Crippen LogP contribution is -2.46. The SMILES string of the molecule is CCOc1cccc(NC(=O)[C@H](CC)N(c2ccc(OC)cc2)S(C)(=O)=O)c1. The van der Waals surface area contributed by atoms with E-state index in [0.717, 1.165) is 10.6 Å². The van der Waals surface area contributed by atoms with Crippen LogP contribution in [0.2, 0.25) is 0 Å². The number of carbonyl (C=O) groups excluding carboxylic acids is 1. The van der Waals surface area contributed by atoms with Gasteiger partial charge in [-0.15, -0.1) is 0 Å². The molecule has 0 radical (unpaired) electrons. The highest BCUT2D eigenvalue weighted by atomic mass is 32.2. The maximum atomic E-state index is 12.9. The van der Waals surface area contributed by atoms with Crippen LogP contribution in [0.15, 0.2) is 48.5 Å². The van der Waals surface area contributed by atoms with Gasteiger partial charge in [0.25, 0.3) is 0 Å². The van der Waals surface area contributed by atoms with Crippen LogP contribution in [-0.2, 0) is 14.8 Å². The molecule has 2 aromatic rings. The number of benzene rings is 2. The van der Waals surface area contributed by atoms with Gasteiger partial charge >= 0.3 is 0 Å². The molecule has 0 aromatic heterocycles. The van der Waals surface area contributed by atoms with Crippen molar-refractivity contribution in [2.75, 3.05) is 29.6 Å². The summed E-state index contributed by atoms with van der Waals surface area (Å²) in [6, 6.07) is 12.6. The Morgan fingerprint density at radius 3 is 2.32 bits per heavy atom. The predicted molar refractivity (Wildman–Crippen MR) is 111 cm³/mol. The second-order valence-electron chi connectivity index (χ2n) is 6.13. The van der Waals surface area contributed by atoms with Gasteiger partial charge in [-0.2, -0.15) is 0 Å². The molecule has 2 rings (SSSR count). The molecule has 8 heteroatoms. The van der Waals surface area contributed by atoms with Crippen LogP contribution in [-0.4, -0.2) is 40.3 Å². The van der Waals surface area contributed by atoms with Crippen molar-refractivity contribution in [3.05, 3.63) is 48.5 Å². The van der Waals surface area contributed by atoms with Gasteiger partial charge in [-0.05, 0) is 49.7 Å². The lowest BCUT2D eigenvalue weighted by Gasteiger charge is -2.30. The molecule has 7 nitrogen and oxygen atoms in total. The second kappa shape index (κ2) is 9.45. The number of hydrogen-bond acceptors (Lipinski definition) is 5. The van der Waals surface area contributed by atoms with Crippen LogP contribution in [0.25, 0.3) is 0 Å². The number of anilines is 2. The summed E-state index contributed by atoms with van der Waals surface area (Å²) in [4.78, 5) is 12.9. The molecule has 152 valence electrons. The standard InChI is InChI=1S/C20H26N2O5S/c1-5-19(20(23)21-15-8-7-9-18(14-15)27-6-2)22(28(4,24)25)16-10-12-17(26-3)13-11-16/h7-14,19H,5-6H2,1-4H3,(H,21,23)/t19-/m0/s1. The molecule has 0 aliphatic carbocycles. The minimum absolute atomic E-state index is 0.302. The first-order valence-electron chi connectivity index (χ1n) is 8.97. The van der Waals surface area contributed by atoms with Crippen LogP contribution in [0.4, 0.5) is 11.4 Å². The highest BCUT2D eigenvalue weighted by molar-refractivity contribution is 7.92. The molecule has 1 atom stereocenters. The second-order valence-corrected chi connectivity index (χ2v) is 7.99. The zero-order chi connectivity index (χ0) is 20.7. The Bertz CT molecular complexity index is 897. The Morgan fingerprint density at radius 2 is 1.79 bits per heavy atom. The summed E-state index contributed by atoms with van der Waals surface area (Å²) in [7, 11) is -2.17. The zero-order valence-electron chi connectivity index (χ0n) is 16.5. The van der Waals surface area contributed by atoms with E-state index in [9.17, 15) is 13.2 Å². The van der Waals surface area contributed by atoms with Crippen LogP contribution in [0.5, 0.6) is 11.5 Å². The number of nitrogens with zero attached hydrogens (tertiary/aromatic N) is 1. The Kier molecular flexibility index (Phi) is 7.28. The molecule has 1 N–H and O–H groups in total. The molecule has 0 bridgehead atoms. The molecule has 0 aliphatic heterocycles. The van der Waals surface area contributed by atoms with Gasteiger partial charge in [-0.1, -0.05) is 13.0 Å². The highest BCUT2D eigenvalue weighted by Gasteiger charge is 2.31. The fourth-order valence-corrected chi connectivity index (χ4v) is 4.06. The van der Waals surface area contributed by atoms with E-state index in [1.54, 1.807) is 55.5 Å². The van der Waals surface area contributed by atoms with Crippen molar-refractivity contribution in [3.63, 3.8) is 0 Å². The topological polar surface area (TPSA) is 84.9 Å². The van der Waals surface area contributed by atoms with Crippen molar-refractivity contribution in [1.82, 2.24) is 0 Å². The number of hydrogen-bond donors (Lipinski definition) is 1. The molecule has 2 aromatic carbocycles. The largest absolute Gasteiger partial charge is 0.497 e. The van der Waals surface area contributed by atoms with Crippen molar-refractivity contribution in [2.24, 2.45) is 0 Å². The van der Waals surface area contributed by atoms with Crippen molar-refractivity contribution >= 4 is 27.3 Å². The monoisotopic (exact) mass is 406 g/mol. The van der Waals surface area contributed by atoms with Gasteiger partial charge < -0.3 is 14.8 Å². The highest BCUT2D eigenvalue weighted by Crippen LogP contribution is 2.26. The van der Waals surface area contributed by atoms with Gasteiger partial charge in [0, 0.05) is 11.8 Å². The predicted octanol–water partition coefficient (Wildman–Crippen LogP) is 3.28. The fourth-order valence-electron chi connectivity index (χ4n) is 2.85. The maximum absolute atomic E-state index is 12.9. The molecule has 0 heterocycles. The Hall–Kier alpha value is -2.74. The smallest absolute Gasteiger partial charge is 0.248 e. The van der Waals surface area contributed by atoms with Crippen LogP contribution in [0.3, 0.4) is 0 Å². The summed E-state index contributed by atoms with van der Waals surface area (Å²) in [6.07, 6.45) is 1.39. The minimum Gasteiger partial charge on any atom is -0.497 e. The first-order chi connectivity index (χ1) is 13.3. The Labute approximate surface area is 166 Å². The summed E-state index contributed by atoms with van der Waals surface area (Å²) < 4.78 is 36.6. The van der Waals surface area contributed by atoms with Crippen molar-refractivity contribution in [1.29, 1.82) is 0 Å².